The van der Waals surface area contributed by atoms with E-state index in [1.54, 1.807) is 0 Å². The number of benzene rings is 1. The van der Waals surface area contributed by atoms with E-state index in [4.69, 9.17) is 9.84 Å². The molecule has 1 amide bonds. The normalized spacial score (nSPS) is 11.2. The zero-order chi connectivity index (χ0) is 17.4. The molecule has 126 valence electrons. The van der Waals surface area contributed by atoms with Gasteiger partial charge in [-0.1, -0.05) is 12.1 Å². The zero-order valence-corrected chi connectivity index (χ0v) is 14.8. The molecule has 0 unspecified atom stereocenters. The topological polar surface area (TPSA) is 70.6 Å². The third-order valence-electron chi connectivity index (χ3n) is 2.30. The highest BCUT2D eigenvalue weighted by atomic mass is 16.5. The Morgan fingerprint density at radius 3 is 1.77 bits per heavy atom. The van der Waals surface area contributed by atoms with E-state index in [1.165, 1.54) is 0 Å². The third kappa shape index (κ3) is 12.0. The van der Waals surface area contributed by atoms with Crippen molar-refractivity contribution in [2.24, 2.45) is 0 Å². The molecule has 5 heteroatoms. The molecular weight excluding hydrogens is 280 g/mol. The van der Waals surface area contributed by atoms with Crippen molar-refractivity contribution in [1.29, 1.82) is 0 Å². The van der Waals surface area contributed by atoms with Crippen molar-refractivity contribution in [3.05, 3.63) is 29.8 Å². The number of hydrogen-bond donors (Lipinski definition) is 3. The molecule has 0 saturated carbocycles. The molecule has 0 aliphatic rings. The molecule has 0 spiro atoms. The maximum absolute atomic E-state index is 10.2. The monoisotopic (exact) mass is 310 g/mol. The summed E-state index contributed by atoms with van der Waals surface area (Å²) >= 11 is 0. The molecule has 0 aromatic heterocycles. The first-order valence-electron chi connectivity index (χ1n) is 7.36. The van der Waals surface area contributed by atoms with E-state index < -0.39 is 6.09 Å². The summed E-state index contributed by atoms with van der Waals surface area (Å²) in [7, 11) is 1.84. The lowest BCUT2D eigenvalue weighted by molar-refractivity contribution is -0.102. The Morgan fingerprint density at radius 1 is 1.05 bits per heavy atom. The molecule has 1 aromatic carbocycles. The van der Waals surface area contributed by atoms with Gasteiger partial charge >= 0.3 is 6.09 Å². The van der Waals surface area contributed by atoms with Gasteiger partial charge < -0.3 is 20.5 Å². The molecule has 3 N–H and O–H groups in total. The number of hydrogen-bond acceptors (Lipinski definition) is 3. The van der Waals surface area contributed by atoms with Gasteiger partial charge in [-0.2, -0.15) is 0 Å². The van der Waals surface area contributed by atoms with Crippen LogP contribution >= 0.6 is 0 Å². The van der Waals surface area contributed by atoms with E-state index in [0.29, 0.717) is 6.54 Å². The SMILES string of the molecule is CC(C)(C)OC(C)(C)C.CNc1ccc(CNC(=O)O)cc1. The zero-order valence-electron chi connectivity index (χ0n) is 14.8. The van der Waals surface area contributed by atoms with Crippen LogP contribution in [0.15, 0.2) is 24.3 Å². The van der Waals surface area contributed by atoms with Gasteiger partial charge in [0.25, 0.3) is 0 Å². The number of amides is 1. The highest BCUT2D eigenvalue weighted by Crippen LogP contribution is 2.18. The molecule has 0 aliphatic carbocycles. The van der Waals surface area contributed by atoms with Crippen molar-refractivity contribution in [2.75, 3.05) is 12.4 Å². The number of carboxylic acid groups (broad SMARTS) is 1. The predicted octanol–water partition coefficient (Wildman–Crippen LogP) is 4.10. The van der Waals surface area contributed by atoms with Crippen LogP contribution in [-0.2, 0) is 11.3 Å². The van der Waals surface area contributed by atoms with Crippen LogP contribution in [0.25, 0.3) is 0 Å². The van der Waals surface area contributed by atoms with E-state index in [0.717, 1.165) is 11.3 Å². The van der Waals surface area contributed by atoms with Gasteiger partial charge in [-0.05, 0) is 59.2 Å². The van der Waals surface area contributed by atoms with Gasteiger partial charge in [0.05, 0.1) is 11.2 Å². The van der Waals surface area contributed by atoms with Crippen LogP contribution in [0.2, 0.25) is 0 Å². The van der Waals surface area contributed by atoms with Crippen LogP contribution in [-0.4, -0.2) is 29.4 Å². The van der Waals surface area contributed by atoms with Crippen LogP contribution < -0.4 is 10.6 Å². The van der Waals surface area contributed by atoms with Crippen molar-refractivity contribution in [3.63, 3.8) is 0 Å². The first kappa shape index (κ1) is 20.2. The number of anilines is 1. The largest absolute Gasteiger partial charge is 0.465 e. The summed E-state index contributed by atoms with van der Waals surface area (Å²) in [6.07, 6.45) is -1.00. The van der Waals surface area contributed by atoms with Gasteiger partial charge in [0, 0.05) is 19.3 Å². The number of nitrogens with one attached hydrogen (secondary N) is 2. The summed E-state index contributed by atoms with van der Waals surface area (Å²) in [6, 6.07) is 7.56. The van der Waals surface area contributed by atoms with Gasteiger partial charge in [-0.15, -0.1) is 0 Å². The van der Waals surface area contributed by atoms with E-state index in [1.807, 2.05) is 31.3 Å². The Kier molecular flexibility index (Phi) is 7.95. The molecule has 0 aliphatic heterocycles. The summed E-state index contributed by atoms with van der Waals surface area (Å²) in [6.45, 7) is 12.8. The van der Waals surface area contributed by atoms with E-state index in [9.17, 15) is 4.79 Å². The summed E-state index contributed by atoms with van der Waals surface area (Å²) in [5.41, 5.74) is 1.93. The molecule has 0 heterocycles. The van der Waals surface area contributed by atoms with E-state index >= 15 is 0 Å². The second-order valence-electron chi connectivity index (χ2n) is 6.93. The molecule has 0 atom stereocenters. The lowest BCUT2D eigenvalue weighted by Crippen LogP contribution is -2.31. The Morgan fingerprint density at radius 2 is 1.50 bits per heavy atom. The minimum atomic E-state index is -1.00. The van der Waals surface area contributed by atoms with E-state index in [2.05, 4.69) is 52.2 Å². The van der Waals surface area contributed by atoms with Crippen LogP contribution in [0.1, 0.15) is 47.1 Å². The fourth-order valence-electron chi connectivity index (χ4n) is 1.89. The minimum absolute atomic E-state index is 0.0156. The Balaban J connectivity index is 0.000000433. The Labute approximate surface area is 134 Å². The molecule has 22 heavy (non-hydrogen) atoms. The van der Waals surface area contributed by atoms with Crippen molar-refractivity contribution in [1.82, 2.24) is 5.32 Å². The van der Waals surface area contributed by atoms with Crippen LogP contribution in [0, 0.1) is 0 Å². The highest BCUT2D eigenvalue weighted by molar-refractivity contribution is 5.64. The summed E-state index contributed by atoms with van der Waals surface area (Å²) in [5, 5.41) is 13.6. The van der Waals surface area contributed by atoms with Crippen molar-refractivity contribution in [2.45, 2.75) is 59.3 Å². The molecule has 1 aromatic rings. The molecule has 0 radical (unpaired) electrons. The first-order valence-corrected chi connectivity index (χ1v) is 7.36. The number of rotatable bonds is 3. The van der Waals surface area contributed by atoms with E-state index in [-0.39, 0.29) is 11.2 Å². The second kappa shape index (κ2) is 8.63. The minimum Gasteiger partial charge on any atom is -0.465 e. The quantitative estimate of drug-likeness (QED) is 0.786. The number of carbonyl (C=O) groups is 1. The average molecular weight is 310 g/mol. The summed E-state index contributed by atoms with van der Waals surface area (Å²) in [5.74, 6) is 0. The maximum atomic E-state index is 10.2. The first-order chi connectivity index (χ1) is 9.93. The van der Waals surface area contributed by atoms with Crippen LogP contribution in [0.3, 0.4) is 0 Å². The molecular formula is C17H30N2O3. The van der Waals surface area contributed by atoms with Crippen LogP contribution in [0.5, 0.6) is 0 Å². The standard InChI is InChI=1S/C9H12N2O2.C8H18O/c1-10-8-4-2-7(3-5-8)6-11-9(12)13;1-7(2,3)9-8(4,5)6/h2-5,10-11H,6H2,1H3,(H,12,13);1-6H3. The predicted molar refractivity (Wildman–Crippen MR) is 91.4 cm³/mol. The lowest BCUT2D eigenvalue weighted by Gasteiger charge is -2.30. The third-order valence-corrected chi connectivity index (χ3v) is 2.30. The van der Waals surface area contributed by atoms with Crippen molar-refractivity contribution in [3.8, 4) is 0 Å². The second-order valence-corrected chi connectivity index (χ2v) is 6.93. The van der Waals surface area contributed by atoms with Gasteiger partial charge in [-0.25, -0.2) is 4.79 Å². The Hall–Kier alpha value is -1.75. The average Bonchev–Trinajstić information content (AvgIpc) is 2.33. The Bertz CT molecular complexity index is 430. The highest BCUT2D eigenvalue weighted by Gasteiger charge is 2.19. The van der Waals surface area contributed by atoms with Crippen molar-refractivity contribution < 1.29 is 14.6 Å². The van der Waals surface area contributed by atoms with Gasteiger partial charge in [0.15, 0.2) is 0 Å². The smallest absolute Gasteiger partial charge is 0.404 e. The van der Waals surface area contributed by atoms with Gasteiger partial charge in [0.1, 0.15) is 0 Å². The maximum Gasteiger partial charge on any atom is 0.404 e. The fourth-order valence-corrected chi connectivity index (χ4v) is 1.89. The molecule has 0 saturated heterocycles. The van der Waals surface area contributed by atoms with Crippen LogP contribution in [0.4, 0.5) is 10.5 Å². The lowest BCUT2D eigenvalue weighted by atomic mass is 10.1. The molecule has 5 nitrogen and oxygen atoms in total. The molecule has 1 rings (SSSR count). The summed E-state index contributed by atoms with van der Waals surface area (Å²) in [4.78, 5) is 10.2. The van der Waals surface area contributed by atoms with Gasteiger partial charge in [0.2, 0.25) is 0 Å². The number of ether oxygens (including phenoxy) is 1. The molecule has 0 bridgehead atoms. The van der Waals surface area contributed by atoms with Crippen molar-refractivity contribution >= 4 is 11.8 Å². The van der Waals surface area contributed by atoms with Gasteiger partial charge in [-0.3, -0.25) is 0 Å². The molecule has 0 fully saturated rings. The summed E-state index contributed by atoms with van der Waals surface area (Å²) < 4.78 is 5.62. The fraction of sp³-hybridized carbons (Fsp3) is 0.588.